The second-order valence-electron chi connectivity index (χ2n) is 7.58. The van der Waals surface area contributed by atoms with Crippen LogP contribution >= 0.6 is 0 Å². The fourth-order valence-electron chi connectivity index (χ4n) is 3.36. The van der Waals surface area contributed by atoms with Crippen LogP contribution in [0, 0.1) is 29.5 Å². The minimum absolute atomic E-state index is 0.224. The van der Waals surface area contributed by atoms with Gasteiger partial charge in [-0.3, -0.25) is 0 Å². The highest BCUT2D eigenvalue weighted by Gasteiger charge is 1.97. The zero-order valence-electron chi connectivity index (χ0n) is 17.6. The van der Waals surface area contributed by atoms with Gasteiger partial charge in [0.05, 0.1) is 0 Å². The summed E-state index contributed by atoms with van der Waals surface area (Å²) < 4.78 is 13.3. The third-order valence-electron chi connectivity index (χ3n) is 5.16. The number of rotatable bonds is 3. The van der Waals surface area contributed by atoms with E-state index in [9.17, 15) is 4.39 Å². The minimum atomic E-state index is -0.224. The van der Waals surface area contributed by atoms with E-state index in [1.807, 2.05) is 42.5 Å². The summed E-state index contributed by atoms with van der Waals surface area (Å²) in [7, 11) is 0. The van der Waals surface area contributed by atoms with Crippen LogP contribution in [0.25, 0.3) is 10.8 Å². The van der Waals surface area contributed by atoms with E-state index in [1.165, 1.54) is 30.5 Å². The van der Waals surface area contributed by atoms with E-state index in [4.69, 9.17) is 0 Å². The van der Waals surface area contributed by atoms with Gasteiger partial charge < -0.3 is 0 Å². The summed E-state index contributed by atoms with van der Waals surface area (Å²) in [5.74, 6) is 12.6. The van der Waals surface area contributed by atoms with Crippen LogP contribution in [-0.4, -0.2) is 0 Å². The molecule has 0 aliphatic rings. The lowest BCUT2D eigenvalue weighted by Crippen LogP contribution is -1.84. The third-order valence-corrected chi connectivity index (χ3v) is 5.16. The Balaban J connectivity index is 1.44. The van der Waals surface area contributed by atoms with Crippen molar-refractivity contribution < 1.29 is 4.39 Å². The van der Waals surface area contributed by atoms with E-state index in [-0.39, 0.29) is 5.82 Å². The second-order valence-corrected chi connectivity index (χ2v) is 7.58. The van der Waals surface area contributed by atoms with Gasteiger partial charge in [-0.1, -0.05) is 61.3 Å². The maximum atomic E-state index is 13.3. The first-order valence-corrected chi connectivity index (χ1v) is 10.6. The molecule has 0 spiro atoms. The Morgan fingerprint density at radius 1 is 0.581 bits per heavy atom. The van der Waals surface area contributed by atoms with Gasteiger partial charge in [-0.25, -0.2) is 4.39 Å². The van der Waals surface area contributed by atoms with Crippen molar-refractivity contribution in [3.63, 3.8) is 0 Å². The molecular formula is C30H23F. The Bertz CT molecular complexity index is 1300. The molecule has 0 fully saturated rings. The van der Waals surface area contributed by atoms with Crippen LogP contribution in [0.3, 0.4) is 0 Å². The molecule has 150 valence electrons. The number of fused-ring (bicyclic) bond motifs is 1. The number of unbranched alkanes of at least 4 members (excludes halogenated alkanes) is 1. The van der Waals surface area contributed by atoms with E-state index < -0.39 is 0 Å². The highest BCUT2D eigenvalue weighted by Crippen LogP contribution is 2.17. The van der Waals surface area contributed by atoms with Gasteiger partial charge in [0.25, 0.3) is 0 Å². The van der Waals surface area contributed by atoms with Crippen LogP contribution in [0.15, 0.2) is 84.9 Å². The van der Waals surface area contributed by atoms with Crippen LogP contribution in [0.4, 0.5) is 4.39 Å². The van der Waals surface area contributed by atoms with Crippen molar-refractivity contribution in [2.45, 2.75) is 26.2 Å². The molecule has 4 rings (SSSR count). The summed E-state index contributed by atoms with van der Waals surface area (Å²) in [6, 6.07) is 27.1. The second kappa shape index (κ2) is 9.80. The number of benzene rings is 4. The van der Waals surface area contributed by atoms with Crippen molar-refractivity contribution >= 4 is 10.8 Å². The van der Waals surface area contributed by atoms with Gasteiger partial charge in [-0.05, 0) is 89.8 Å². The fourth-order valence-corrected chi connectivity index (χ4v) is 3.36. The maximum absolute atomic E-state index is 13.3. The van der Waals surface area contributed by atoms with Crippen LogP contribution < -0.4 is 0 Å². The summed E-state index contributed by atoms with van der Waals surface area (Å²) in [5.41, 5.74) is 5.21. The molecule has 0 radical (unpaired) electrons. The maximum Gasteiger partial charge on any atom is 0.123 e. The largest absolute Gasteiger partial charge is 0.207 e. The van der Waals surface area contributed by atoms with Gasteiger partial charge in [0.2, 0.25) is 0 Å². The number of hydrogen-bond acceptors (Lipinski definition) is 0. The molecule has 0 atom stereocenters. The SMILES string of the molecule is CCCCc1ccc(C#Cc2ccc(C#Cc3ccc4cc(F)ccc4c3)cc2)cc1. The standard InChI is InChI=1S/C30H23F/c1-2-3-4-23-5-7-24(8-6-23)9-10-25-11-13-26(14-12-25)15-16-27-17-18-29-22-30(31)20-19-28(29)21-27/h5-8,11-14,17-22H,2-4H2,1H3. The lowest BCUT2D eigenvalue weighted by Gasteiger charge is -1.99. The van der Waals surface area contributed by atoms with Gasteiger partial charge in [0.15, 0.2) is 0 Å². The molecule has 0 saturated carbocycles. The van der Waals surface area contributed by atoms with Crippen molar-refractivity contribution in [1.29, 1.82) is 0 Å². The number of hydrogen-bond donors (Lipinski definition) is 0. The molecule has 0 aliphatic heterocycles. The molecule has 0 amide bonds. The fraction of sp³-hybridized carbons (Fsp3) is 0.133. The molecule has 0 aromatic heterocycles. The Kier molecular flexibility index (Phi) is 6.47. The van der Waals surface area contributed by atoms with Crippen molar-refractivity contribution in [3.8, 4) is 23.7 Å². The molecule has 4 aromatic rings. The van der Waals surface area contributed by atoms with Crippen LogP contribution in [0.1, 0.15) is 47.6 Å². The summed E-state index contributed by atoms with van der Waals surface area (Å²) >= 11 is 0. The summed E-state index contributed by atoms with van der Waals surface area (Å²) in [6.07, 6.45) is 3.57. The van der Waals surface area contributed by atoms with E-state index >= 15 is 0 Å². The number of halogens is 1. The molecule has 0 nitrogen and oxygen atoms in total. The minimum Gasteiger partial charge on any atom is -0.207 e. The highest BCUT2D eigenvalue weighted by atomic mass is 19.1. The lowest BCUT2D eigenvalue weighted by atomic mass is 10.1. The monoisotopic (exact) mass is 402 g/mol. The average Bonchev–Trinajstić information content (AvgIpc) is 2.81. The van der Waals surface area contributed by atoms with Gasteiger partial charge in [0, 0.05) is 22.3 Å². The van der Waals surface area contributed by atoms with Crippen molar-refractivity contribution in [2.75, 3.05) is 0 Å². The Morgan fingerprint density at radius 2 is 1.06 bits per heavy atom. The zero-order chi connectivity index (χ0) is 21.5. The predicted octanol–water partition coefficient (Wildman–Crippen LogP) is 7.12. The van der Waals surface area contributed by atoms with Crippen molar-refractivity contribution in [3.05, 3.63) is 119 Å². The van der Waals surface area contributed by atoms with E-state index in [0.717, 1.165) is 39.4 Å². The molecular weight excluding hydrogens is 379 g/mol. The van der Waals surface area contributed by atoms with E-state index in [1.54, 1.807) is 6.07 Å². The molecule has 0 N–H and O–H groups in total. The number of aryl methyl sites for hydroxylation is 1. The summed E-state index contributed by atoms with van der Waals surface area (Å²) in [5, 5.41) is 1.86. The molecule has 4 aromatic carbocycles. The van der Waals surface area contributed by atoms with Gasteiger partial charge >= 0.3 is 0 Å². The average molecular weight is 403 g/mol. The Labute approximate surface area is 183 Å². The topological polar surface area (TPSA) is 0 Å². The van der Waals surface area contributed by atoms with Crippen LogP contribution in [0.5, 0.6) is 0 Å². The predicted molar refractivity (Wildman–Crippen MR) is 127 cm³/mol. The molecule has 31 heavy (non-hydrogen) atoms. The smallest absolute Gasteiger partial charge is 0.123 e. The van der Waals surface area contributed by atoms with Gasteiger partial charge in [-0.15, -0.1) is 0 Å². The first kappa shape index (κ1) is 20.5. The first-order valence-electron chi connectivity index (χ1n) is 10.6. The van der Waals surface area contributed by atoms with Crippen molar-refractivity contribution in [2.24, 2.45) is 0 Å². The normalized spacial score (nSPS) is 10.1. The molecule has 1 heteroatoms. The van der Waals surface area contributed by atoms with E-state index in [2.05, 4.69) is 54.9 Å². The van der Waals surface area contributed by atoms with Crippen molar-refractivity contribution in [1.82, 2.24) is 0 Å². The Morgan fingerprint density at radius 3 is 1.68 bits per heavy atom. The molecule has 0 aliphatic carbocycles. The summed E-state index contributed by atoms with van der Waals surface area (Å²) in [6.45, 7) is 2.21. The molecule has 0 saturated heterocycles. The molecule has 0 bridgehead atoms. The zero-order valence-corrected chi connectivity index (χ0v) is 17.6. The first-order chi connectivity index (χ1) is 15.2. The van der Waals surface area contributed by atoms with Crippen LogP contribution in [0.2, 0.25) is 0 Å². The highest BCUT2D eigenvalue weighted by molar-refractivity contribution is 5.84. The summed E-state index contributed by atoms with van der Waals surface area (Å²) in [4.78, 5) is 0. The third kappa shape index (κ3) is 5.63. The quantitative estimate of drug-likeness (QED) is 0.320. The molecule has 0 heterocycles. The van der Waals surface area contributed by atoms with Crippen LogP contribution in [-0.2, 0) is 6.42 Å². The van der Waals surface area contributed by atoms with Gasteiger partial charge in [0.1, 0.15) is 5.82 Å². The molecule has 0 unspecified atom stereocenters. The van der Waals surface area contributed by atoms with E-state index in [0.29, 0.717) is 0 Å². The lowest BCUT2D eigenvalue weighted by molar-refractivity contribution is 0.630. The van der Waals surface area contributed by atoms with Gasteiger partial charge in [-0.2, -0.15) is 0 Å². The Hall–Kier alpha value is -3.81.